The first-order valence-corrected chi connectivity index (χ1v) is 15.7. The van der Waals surface area contributed by atoms with Crippen LogP contribution in [-0.2, 0) is 5.41 Å². The van der Waals surface area contributed by atoms with E-state index >= 15 is 0 Å². The van der Waals surface area contributed by atoms with Crippen molar-refractivity contribution in [1.82, 2.24) is 9.55 Å². The van der Waals surface area contributed by atoms with Crippen LogP contribution < -0.4 is 4.90 Å². The Hall–Kier alpha value is -5.67. The highest BCUT2D eigenvalue weighted by atomic mass is 15.2. The van der Waals surface area contributed by atoms with E-state index in [9.17, 15) is 0 Å². The van der Waals surface area contributed by atoms with E-state index in [1.807, 2.05) is 6.20 Å². The lowest BCUT2D eigenvalue weighted by atomic mass is 9.67. The molecule has 0 spiro atoms. The number of benzene rings is 5. The van der Waals surface area contributed by atoms with Crippen molar-refractivity contribution in [2.24, 2.45) is 0 Å². The van der Waals surface area contributed by atoms with Crippen LogP contribution in [0.25, 0.3) is 50.5 Å². The van der Waals surface area contributed by atoms with Gasteiger partial charge in [0.2, 0.25) is 0 Å². The fraction of sp³-hybridized carbons (Fsp3) is 0.0714. The summed E-state index contributed by atoms with van der Waals surface area (Å²) >= 11 is 0. The number of hydrogen-bond acceptors (Lipinski definition) is 2. The molecule has 45 heavy (non-hydrogen) atoms. The van der Waals surface area contributed by atoms with Gasteiger partial charge in [0, 0.05) is 56.5 Å². The number of nitrogens with zero attached hydrogens (tertiary/aromatic N) is 3. The number of anilines is 2. The van der Waals surface area contributed by atoms with Crippen molar-refractivity contribution >= 4 is 33.9 Å². The molecule has 0 bridgehead atoms. The monoisotopic (exact) mass is 575 g/mol. The standard InChI is InChI=1S/C42H29N3/c1-42-34-20-8-12-24-38(34)45-36-22-10-6-17-29(36)31-19-13-25-43-39(31)33(41(42)45)26-32-30-18-7-11-23-37(30)44(40(32)42)35-21-9-5-16-28(35)27-14-3-2-4-15-27/h2-26,41H,1H3. The summed E-state index contributed by atoms with van der Waals surface area (Å²) in [5, 5.41) is 1.26. The van der Waals surface area contributed by atoms with Gasteiger partial charge in [-0.2, -0.15) is 0 Å². The molecular formula is C42H29N3. The molecule has 2 atom stereocenters. The zero-order valence-electron chi connectivity index (χ0n) is 24.9. The Morgan fingerprint density at radius 3 is 2.13 bits per heavy atom. The lowest BCUT2D eigenvalue weighted by Gasteiger charge is -2.41. The molecule has 10 rings (SSSR count). The van der Waals surface area contributed by atoms with Gasteiger partial charge in [-0.3, -0.25) is 4.98 Å². The van der Waals surface area contributed by atoms with Crippen molar-refractivity contribution in [1.29, 1.82) is 0 Å². The van der Waals surface area contributed by atoms with Gasteiger partial charge in [-0.05, 0) is 54.5 Å². The predicted molar refractivity (Wildman–Crippen MR) is 185 cm³/mol. The Kier molecular flexibility index (Phi) is 4.91. The van der Waals surface area contributed by atoms with Gasteiger partial charge in [-0.25, -0.2) is 0 Å². The molecule has 3 heteroatoms. The Morgan fingerprint density at radius 2 is 1.27 bits per heavy atom. The lowest BCUT2D eigenvalue weighted by Crippen LogP contribution is -2.45. The molecule has 0 amide bonds. The fourth-order valence-corrected chi connectivity index (χ4v) is 8.54. The van der Waals surface area contributed by atoms with Gasteiger partial charge in [0.1, 0.15) is 0 Å². The number of pyridine rings is 1. The van der Waals surface area contributed by atoms with E-state index in [1.54, 1.807) is 0 Å². The molecular weight excluding hydrogens is 546 g/mol. The van der Waals surface area contributed by atoms with Gasteiger partial charge in [-0.15, -0.1) is 0 Å². The third kappa shape index (κ3) is 3.12. The highest BCUT2D eigenvalue weighted by Gasteiger charge is 2.57. The largest absolute Gasteiger partial charge is 0.332 e. The Balaban J connectivity index is 1.39. The molecule has 3 nitrogen and oxygen atoms in total. The second kappa shape index (κ2) is 8.93. The fourth-order valence-electron chi connectivity index (χ4n) is 8.54. The SMILES string of the molecule is CC12c3ccccc3N3c4ccccc4-c4cccnc4C(=Cc4c1n(-c1ccccc1-c1ccccc1)c1ccccc41)C32. The molecule has 2 aromatic heterocycles. The summed E-state index contributed by atoms with van der Waals surface area (Å²) < 4.78 is 2.57. The van der Waals surface area contributed by atoms with Gasteiger partial charge in [0.15, 0.2) is 0 Å². The maximum absolute atomic E-state index is 5.12. The number of fused-ring (bicyclic) bond motifs is 12. The summed E-state index contributed by atoms with van der Waals surface area (Å²) in [5.74, 6) is 0. The second-order valence-electron chi connectivity index (χ2n) is 12.5. The molecule has 3 aliphatic rings. The predicted octanol–water partition coefficient (Wildman–Crippen LogP) is 10.1. The third-order valence-corrected chi connectivity index (χ3v) is 10.3. The van der Waals surface area contributed by atoms with E-state index in [2.05, 4.69) is 162 Å². The molecule has 1 aliphatic carbocycles. The van der Waals surface area contributed by atoms with E-state index in [1.165, 1.54) is 72.6 Å². The average Bonchev–Trinajstić information content (AvgIpc) is 3.54. The summed E-state index contributed by atoms with van der Waals surface area (Å²) in [6, 6.07) is 50.8. The molecule has 0 saturated heterocycles. The quantitative estimate of drug-likeness (QED) is 0.205. The van der Waals surface area contributed by atoms with Crippen LogP contribution in [0.2, 0.25) is 0 Å². The van der Waals surface area contributed by atoms with Crippen molar-refractivity contribution in [2.75, 3.05) is 4.90 Å². The second-order valence-corrected chi connectivity index (χ2v) is 12.5. The van der Waals surface area contributed by atoms with Crippen LogP contribution in [0.5, 0.6) is 0 Å². The summed E-state index contributed by atoms with van der Waals surface area (Å²) in [7, 11) is 0. The molecule has 0 fully saturated rings. The maximum atomic E-state index is 5.12. The zero-order chi connectivity index (χ0) is 29.7. The number of para-hydroxylation sites is 4. The van der Waals surface area contributed by atoms with E-state index in [0.717, 1.165) is 5.69 Å². The van der Waals surface area contributed by atoms with Gasteiger partial charge in [-0.1, -0.05) is 109 Å². The van der Waals surface area contributed by atoms with E-state index in [4.69, 9.17) is 4.98 Å². The van der Waals surface area contributed by atoms with E-state index in [0.29, 0.717) is 0 Å². The van der Waals surface area contributed by atoms with E-state index in [-0.39, 0.29) is 11.5 Å². The average molecular weight is 576 g/mol. The van der Waals surface area contributed by atoms with Gasteiger partial charge in [0.25, 0.3) is 0 Å². The minimum atomic E-state index is -0.384. The molecule has 0 N–H and O–H groups in total. The Bertz CT molecular complexity index is 2360. The molecule has 212 valence electrons. The first-order chi connectivity index (χ1) is 22.2. The van der Waals surface area contributed by atoms with Gasteiger partial charge in [0.05, 0.1) is 28.4 Å². The van der Waals surface area contributed by atoms with Crippen LogP contribution in [0.15, 0.2) is 146 Å². The minimum absolute atomic E-state index is 0.0200. The first-order valence-electron chi connectivity index (χ1n) is 15.7. The van der Waals surface area contributed by atoms with Crippen LogP contribution in [0.4, 0.5) is 11.4 Å². The van der Waals surface area contributed by atoms with E-state index < -0.39 is 0 Å². The Labute approximate surface area is 262 Å². The van der Waals surface area contributed by atoms with Gasteiger partial charge >= 0.3 is 0 Å². The van der Waals surface area contributed by atoms with Crippen molar-refractivity contribution in [3.8, 4) is 27.9 Å². The van der Waals surface area contributed by atoms with Crippen LogP contribution in [0, 0.1) is 0 Å². The summed E-state index contributed by atoms with van der Waals surface area (Å²) in [6.07, 6.45) is 4.41. The topological polar surface area (TPSA) is 21.1 Å². The zero-order valence-corrected chi connectivity index (χ0v) is 24.9. The van der Waals surface area contributed by atoms with Crippen LogP contribution in [0.3, 0.4) is 0 Å². The summed E-state index contributed by atoms with van der Waals surface area (Å²) in [6.45, 7) is 2.47. The van der Waals surface area contributed by atoms with Crippen molar-refractivity contribution < 1.29 is 0 Å². The Morgan fingerprint density at radius 1 is 0.600 bits per heavy atom. The summed E-state index contributed by atoms with van der Waals surface area (Å²) in [4.78, 5) is 7.73. The minimum Gasteiger partial charge on any atom is -0.332 e. The van der Waals surface area contributed by atoms with Crippen LogP contribution in [0.1, 0.15) is 29.4 Å². The summed E-state index contributed by atoms with van der Waals surface area (Å²) in [5.41, 5.74) is 15.7. The van der Waals surface area contributed by atoms with Crippen molar-refractivity contribution in [2.45, 2.75) is 18.4 Å². The third-order valence-electron chi connectivity index (χ3n) is 10.3. The van der Waals surface area contributed by atoms with Crippen LogP contribution in [-0.4, -0.2) is 15.6 Å². The van der Waals surface area contributed by atoms with Crippen molar-refractivity contribution in [3.63, 3.8) is 0 Å². The number of rotatable bonds is 2. The normalized spacial score (nSPS) is 18.7. The molecule has 5 aromatic carbocycles. The molecule has 0 radical (unpaired) electrons. The van der Waals surface area contributed by atoms with Crippen molar-refractivity contribution in [3.05, 3.63) is 168 Å². The molecule has 2 unspecified atom stereocenters. The molecule has 7 aromatic rings. The van der Waals surface area contributed by atoms with Gasteiger partial charge < -0.3 is 9.47 Å². The number of aromatic nitrogens is 2. The molecule has 4 heterocycles. The molecule has 0 saturated carbocycles. The first kappa shape index (κ1) is 24.7. The van der Waals surface area contributed by atoms with Crippen LogP contribution >= 0.6 is 0 Å². The number of hydrogen-bond donors (Lipinski definition) is 0. The lowest BCUT2D eigenvalue weighted by molar-refractivity contribution is 0.518. The highest BCUT2D eigenvalue weighted by molar-refractivity contribution is 6.08. The smallest absolute Gasteiger partial charge is 0.0763 e. The molecule has 2 aliphatic heterocycles. The highest BCUT2D eigenvalue weighted by Crippen LogP contribution is 2.63. The maximum Gasteiger partial charge on any atom is 0.0763 e.